The molecule has 3 amide bonds. The van der Waals surface area contributed by atoms with Gasteiger partial charge >= 0.3 is 12.1 Å². The van der Waals surface area contributed by atoms with Crippen LogP contribution in [0.5, 0.6) is 0 Å². The summed E-state index contributed by atoms with van der Waals surface area (Å²) in [5.74, 6) is -2.19. The second-order valence-corrected chi connectivity index (χ2v) is 9.41. The fourth-order valence-corrected chi connectivity index (χ4v) is 3.34. The molecule has 0 spiro atoms. The zero-order chi connectivity index (χ0) is 26.8. The van der Waals surface area contributed by atoms with Gasteiger partial charge in [0, 0.05) is 6.54 Å². The molecule has 1 rings (SSSR count). The van der Waals surface area contributed by atoms with Crippen LogP contribution in [0.4, 0.5) is 4.79 Å². The minimum atomic E-state index is -1.16. The average Bonchev–Trinajstić information content (AvgIpc) is 2.79. The first-order chi connectivity index (χ1) is 16.3. The van der Waals surface area contributed by atoms with E-state index in [1.54, 1.807) is 46.8 Å². The summed E-state index contributed by atoms with van der Waals surface area (Å²) >= 11 is 0. The molecule has 0 fully saturated rings. The van der Waals surface area contributed by atoms with Gasteiger partial charge in [0.15, 0.2) is 0 Å². The van der Waals surface area contributed by atoms with Gasteiger partial charge < -0.3 is 30.1 Å². The number of ether oxygens (including phenoxy) is 2. The SMILES string of the molecule is CCc1ccc(C(C(=O)NCC(=O)OC)N(CCO)C(=O)C(NC(=O)OC(C)(C)C)C(C)C)cc1. The Bertz CT molecular complexity index is 863. The van der Waals surface area contributed by atoms with Crippen LogP contribution >= 0.6 is 0 Å². The first-order valence-electron chi connectivity index (χ1n) is 11.7. The maximum absolute atomic E-state index is 13.7. The fourth-order valence-electron chi connectivity index (χ4n) is 3.34. The molecule has 1 aromatic carbocycles. The number of aliphatic hydroxyl groups is 1. The maximum Gasteiger partial charge on any atom is 0.408 e. The molecule has 35 heavy (non-hydrogen) atoms. The van der Waals surface area contributed by atoms with Crippen molar-refractivity contribution >= 4 is 23.9 Å². The molecular formula is C25H39N3O7. The van der Waals surface area contributed by atoms with Gasteiger partial charge in [-0.05, 0) is 44.2 Å². The molecular weight excluding hydrogens is 454 g/mol. The van der Waals surface area contributed by atoms with Crippen LogP contribution in [0.1, 0.15) is 58.7 Å². The summed E-state index contributed by atoms with van der Waals surface area (Å²) in [4.78, 5) is 52.2. The van der Waals surface area contributed by atoms with Crippen LogP contribution in [-0.2, 0) is 30.3 Å². The number of esters is 1. The largest absolute Gasteiger partial charge is 0.468 e. The van der Waals surface area contributed by atoms with Crippen LogP contribution in [0.15, 0.2) is 24.3 Å². The lowest BCUT2D eigenvalue weighted by molar-refractivity contribution is -0.145. The Hall–Kier alpha value is -3.14. The average molecular weight is 494 g/mol. The van der Waals surface area contributed by atoms with Crippen molar-refractivity contribution in [1.29, 1.82) is 0 Å². The van der Waals surface area contributed by atoms with Crippen molar-refractivity contribution in [2.45, 2.75) is 65.6 Å². The Morgan fingerprint density at radius 3 is 2.14 bits per heavy atom. The third kappa shape index (κ3) is 9.56. The number of carbonyl (C=O) groups excluding carboxylic acids is 4. The lowest BCUT2D eigenvalue weighted by Gasteiger charge is -2.35. The minimum Gasteiger partial charge on any atom is -0.468 e. The molecule has 0 saturated carbocycles. The molecule has 196 valence electrons. The van der Waals surface area contributed by atoms with Crippen molar-refractivity contribution in [3.8, 4) is 0 Å². The monoisotopic (exact) mass is 493 g/mol. The summed E-state index contributed by atoms with van der Waals surface area (Å²) < 4.78 is 9.89. The van der Waals surface area contributed by atoms with Crippen molar-refractivity contribution in [1.82, 2.24) is 15.5 Å². The summed E-state index contributed by atoms with van der Waals surface area (Å²) in [5.41, 5.74) is 0.761. The van der Waals surface area contributed by atoms with E-state index in [2.05, 4.69) is 15.4 Å². The molecule has 0 heterocycles. The van der Waals surface area contributed by atoms with Gasteiger partial charge in [-0.25, -0.2) is 4.79 Å². The quantitative estimate of drug-likeness (QED) is 0.401. The maximum atomic E-state index is 13.7. The van der Waals surface area contributed by atoms with Crippen LogP contribution in [0.25, 0.3) is 0 Å². The summed E-state index contributed by atoms with van der Waals surface area (Å²) in [6.07, 6.45) is 0.0149. The van der Waals surface area contributed by atoms with Gasteiger partial charge in [-0.2, -0.15) is 0 Å². The minimum absolute atomic E-state index is 0.177. The molecule has 2 unspecified atom stereocenters. The number of rotatable bonds is 11. The molecule has 3 N–H and O–H groups in total. The molecule has 0 aliphatic rings. The third-order valence-corrected chi connectivity index (χ3v) is 5.13. The van der Waals surface area contributed by atoms with E-state index in [0.29, 0.717) is 5.56 Å². The second-order valence-electron chi connectivity index (χ2n) is 9.41. The molecule has 0 radical (unpaired) electrons. The predicted octanol–water partition coefficient (Wildman–Crippen LogP) is 1.95. The topological polar surface area (TPSA) is 134 Å². The van der Waals surface area contributed by atoms with Gasteiger partial charge in [-0.1, -0.05) is 45.0 Å². The number of aliphatic hydroxyl groups excluding tert-OH is 1. The van der Waals surface area contributed by atoms with E-state index in [1.165, 1.54) is 12.0 Å². The zero-order valence-corrected chi connectivity index (χ0v) is 21.7. The molecule has 0 saturated heterocycles. The van der Waals surface area contributed by atoms with Crippen molar-refractivity contribution in [3.63, 3.8) is 0 Å². The Balaban J connectivity index is 3.39. The Morgan fingerprint density at radius 2 is 1.69 bits per heavy atom. The van der Waals surface area contributed by atoms with E-state index >= 15 is 0 Å². The van der Waals surface area contributed by atoms with Crippen LogP contribution in [0.2, 0.25) is 0 Å². The zero-order valence-electron chi connectivity index (χ0n) is 21.7. The van der Waals surface area contributed by atoms with Crippen molar-refractivity contribution < 1.29 is 33.8 Å². The van der Waals surface area contributed by atoms with Gasteiger partial charge in [-0.15, -0.1) is 0 Å². The molecule has 10 heteroatoms. The summed E-state index contributed by atoms with van der Waals surface area (Å²) in [6.45, 7) is 9.63. The van der Waals surface area contributed by atoms with E-state index in [4.69, 9.17) is 4.74 Å². The van der Waals surface area contributed by atoms with Crippen molar-refractivity contribution in [2.75, 3.05) is 26.8 Å². The van der Waals surface area contributed by atoms with Gasteiger partial charge in [0.25, 0.3) is 0 Å². The number of hydrogen-bond acceptors (Lipinski definition) is 7. The lowest BCUT2D eigenvalue weighted by Crippen LogP contribution is -2.55. The van der Waals surface area contributed by atoms with E-state index in [1.807, 2.05) is 19.1 Å². The second kappa shape index (κ2) is 13.7. The van der Waals surface area contributed by atoms with E-state index < -0.39 is 48.2 Å². The normalized spacial score (nSPS) is 12.9. The number of aryl methyl sites for hydroxylation is 1. The van der Waals surface area contributed by atoms with Crippen molar-refractivity contribution in [3.05, 3.63) is 35.4 Å². The predicted molar refractivity (Wildman–Crippen MR) is 130 cm³/mol. The number of amides is 3. The highest BCUT2D eigenvalue weighted by atomic mass is 16.6. The lowest BCUT2D eigenvalue weighted by atomic mass is 9.98. The van der Waals surface area contributed by atoms with Crippen LogP contribution in [0, 0.1) is 5.92 Å². The van der Waals surface area contributed by atoms with Gasteiger partial charge in [0.2, 0.25) is 11.8 Å². The standard InChI is InChI=1S/C25H39N3O7/c1-8-17-9-11-18(12-10-17)21(22(31)26-15-19(30)34-7)28(13-14-29)23(32)20(16(2)3)27-24(33)35-25(4,5)6/h9-12,16,20-21,29H,8,13-15H2,1-7H3,(H,26,31)(H,27,33). The van der Waals surface area contributed by atoms with Gasteiger partial charge in [0.1, 0.15) is 24.2 Å². The van der Waals surface area contributed by atoms with Crippen molar-refractivity contribution in [2.24, 2.45) is 5.92 Å². The third-order valence-electron chi connectivity index (χ3n) is 5.13. The summed E-state index contributed by atoms with van der Waals surface area (Å²) in [5, 5.41) is 14.8. The highest BCUT2D eigenvalue weighted by Gasteiger charge is 2.37. The summed E-state index contributed by atoms with van der Waals surface area (Å²) in [7, 11) is 1.20. The van der Waals surface area contributed by atoms with Gasteiger partial charge in [-0.3, -0.25) is 14.4 Å². The first kappa shape index (κ1) is 29.9. The van der Waals surface area contributed by atoms with Crippen LogP contribution < -0.4 is 10.6 Å². The highest BCUT2D eigenvalue weighted by Crippen LogP contribution is 2.24. The molecule has 1 aromatic rings. The van der Waals surface area contributed by atoms with Crippen LogP contribution in [-0.4, -0.2) is 72.3 Å². The fraction of sp³-hybridized carbons (Fsp3) is 0.600. The number of methoxy groups -OCH3 is 1. The van der Waals surface area contributed by atoms with E-state index in [9.17, 15) is 24.3 Å². The number of nitrogens with zero attached hydrogens (tertiary/aromatic N) is 1. The number of carbonyl (C=O) groups is 4. The Morgan fingerprint density at radius 1 is 1.09 bits per heavy atom. The van der Waals surface area contributed by atoms with E-state index in [0.717, 1.165) is 12.0 Å². The molecule has 0 aromatic heterocycles. The number of nitrogens with one attached hydrogen (secondary N) is 2. The van der Waals surface area contributed by atoms with Crippen LogP contribution in [0.3, 0.4) is 0 Å². The number of hydrogen-bond donors (Lipinski definition) is 3. The number of benzene rings is 1. The molecule has 0 aliphatic carbocycles. The Kier molecular flexibility index (Phi) is 11.7. The number of alkyl carbamates (subject to hydrolysis) is 1. The molecule has 0 aliphatic heterocycles. The first-order valence-corrected chi connectivity index (χ1v) is 11.7. The molecule has 10 nitrogen and oxygen atoms in total. The molecule has 2 atom stereocenters. The molecule has 0 bridgehead atoms. The Labute approximate surface area is 207 Å². The highest BCUT2D eigenvalue weighted by molar-refractivity contribution is 5.93. The smallest absolute Gasteiger partial charge is 0.408 e. The van der Waals surface area contributed by atoms with Gasteiger partial charge in [0.05, 0.1) is 13.7 Å². The summed E-state index contributed by atoms with van der Waals surface area (Å²) in [6, 6.07) is 4.95. The van der Waals surface area contributed by atoms with E-state index in [-0.39, 0.29) is 19.0 Å².